The quantitative estimate of drug-likeness (QED) is 0.524. The molecule has 12 heteroatoms. The van der Waals surface area contributed by atoms with E-state index in [0.717, 1.165) is 4.31 Å². The second kappa shape index (κ2) is 7.74. The Kier molecular flexibility index (Phi) is 5.36. The van der Waals surface area contributed by atoms with Crippen LogP contribution in [0.2, 0.25) is 5.02 Å². The number of pyridine rings is 1. The molecule has 0 radical (unpaired) electrons. The number of nitrogens with one attached hydrogen (secondary N) is 3. The van der Waals surface area contributed by atoms with Gasteiger partial charge in [0.05, 0.1) is 22.0 Å². The van der Waals surface area contributed by atoms with Crippen LogP contribution < -0.4 is 10.6 Å². The summed E-state index contributed by atoms with van der Waals surface area (Å²) in [5.74, 6) is -1.27. The molecule has 162 valence electrons. The molecular weight excluding hydrogens is 463 g/mol. The van der Waals surface area contributed by atoms with Crippen LogP contribution in [0.15, 0.2) is 41.9 Å². The summed E-state index contributed by atoms with van der Waals surface area (Å²) in [6.07, 6.45) is 1.54. The van der Waals surface area contributed by atoms with Crippen LogP contribution in [0.4, 0.5) is 15.2 Å². The van der Waals surface area contributed by atoms with Crippen LogP contribution in [0.5, 0.6) is 0 Å². The van der Waals surface area contributed by atoms with E-state index >= 15 is 0 Å². The maximum absolute atomic E-state index is 14.7. The van der Waals surface area contributed by atoms with Crippen molar-refractivity contribution in [2.45, 2.75) is 12.5 Å². The van der Waals surface area contributed by atoms with E-state index in [2.05, 4.69) is 20.6 Å². The molecule has 2 aromatic heterocycles. The van der Waals surface area contributed by atoms with Gasteiger partial charge in [-0.15, -0.1) is 11.3 Å². The largest absolute Gasteiger partial charge is 0.345 e. The highest BCUT2D eigenvalue weighted by molar-refractivity contribution is 7.89. The lowest BCUT2D eigenvalue weighted by Crippen LogP contribution is -2.61. The molecule has 31 heavy (non-hydrogen) atoms. The standard InChI is InChI=1S/C19H18ClFN6O2S2/c1-19(10-31(28,29)27(2)17(22)26-19)13-7-12(4-5-14(13)21)24-18-25-16(9-30-18)15-6-3-11(20)8-23-15/h3-9H,10H2,1-2H3,(H2,22,26)(H,24,25)/t19-/m0/s1. The summed E-state index contributed by atoms with van der Waals surface area (Å²) < 4.78 is 40.4. The summed E-state index contributed by atoms with van der Waals surface area (Å²) >= 11 is 7.21. The Labute approximate surface area is 187 Å². The first-order valence-corrected chi connectivity index (χ1v) is 11.9. The van der Waals surface area contributed by atoms with E-state index in [9.17, 15) is 12.8 Å². The zero-order valence-electron chi connectivity index (χ0n) is 16.5. The predicted molar refractivity (Wildman–Crippen MR) is 120 cm³/mol. The fourth-order valence-corrected chi connectivity index (χ4v) is 5.56. The SMILES string of the molecule is CN1C(=N)N[C@](C)(c2cc(Nc3nc(-c4ccc(Cl)cn4)cs3)ccc2F)CS1(=O)=O. The second-order valence-electron chi connectivity index (χ2n) is 7.25. The normalized spacial score (nSPS) is 20.4. The van der Waals surface area contributed by atoms with E-state index in [-0.39, 0.29) is 17.3 Å². The fourth-order valence-electron chi connectivity index (χ4n) is 3.25. The molecule has 0 saturated carbocycles. The van der Waals surface area contributed by atoms with Crippen LogP contribution in [0.3, 0.4) is 0 Å². The lowest BCUT2D eigenvalue weighted by Gasteiger charge is -2.40. The Bertz CT molecular complexity index is 1260. The number of halogens is 2. The Morgan fingerprint density at radius 2 is 2.10 bits per heavy atom. The van der Waals surface area contributed by atoms with Crippen molar-refractivity contribution in [2.24, 2.45) is 0 Å². The molecule has 3 aromatic rings. The number of thiazole rings is 1. The number of benzene rings is 1. The minimum atomic E-state index is -3.75. The molecule has 0 spiro atoms. The average molecular weight is 481 g/mol. The van der Waals surface area contributed by atoms with Crippen LogP contribution in [-0.2, 0) is 15.6 Å². The van der Waals surface area contributed by atoms with Crippen LogP contribution in [0.25, 0.3) is 11.4 Å². The van der Waals surface area contributed by atoms with Gasteiger partial charge >= 0.3 is 0 Å². The Balaban J connectivity index is 1.62. The number of nitrogens with zero attached hydrogens (tertiary/aromatic N) is 3. The van der Waals surface area contributed by atoms with Gasteiger partial charge in [0.1, 0.15) is 11.5 Å². The van der Waals surface area contributed by atoms with Crippen LogP contribution in [-0.4, -0.2) is 41.5 Å². The maximum atomic E-state index is 14.7. The summed E-state index contributed by atoms with van der Waals surface area (Å²) in [5.41, 5.74) is 0.698. The molecule has 3 N–H and O–H groups in total. The van der Waals surface area contributed by atoms with Crippen molar-refractivity contribution in [1.82, 2.24) is 19.6 Å². The molecular formula is C19H18ClFN6O2S2. The maximum Gasteiger partial charge on any atom is 0.239 e. The summed E-state index contributed by atoms with van der Waals surface area (Å²) in [7, 11) is -2.47. The molecule has 1 aliphatic heterocycles. The van der Waals surface area contributed by atoms with Gasteiger partial charge in [-0.2, -0.15) is 0 Å². The van der Waals surface area contributed by atoms with Crippen LogP contribution in [0.1, 0.15) is 12.5 Å². The molecule has 0 amide bonds. The minimum Gasteiger partial charge on any atom is -0.345 e. The van der Waals surface area contributed by atoms with Gasteiger partial charge in [0.15, 0.2) is 5.13 Å². The van der Waals surface area contributed by atoms with E-state index in [1.807, 2.05) is 5.38 Å². The van der Waals surface area contributed by atoms with E-state index < -0.39 is 21.4 Å². The molecule has 3 heterocycles. The van der Waals surface area contributed by atoms with Gasteiger partial charge in [-0.1, -0.05) is 11.6 Å². The van der Waals surface area contributed by atoms with Crippen molar-refractivity contribution in [3.63, 3.8) is 0 Å². The zero-order chi connectivity index (χ0) is 22.4. The lowest BCUT2D eigenvalue weighted by molar-refractivity contribution is 0.403. The number of hydrogen-bond donors (Lipinski definition) is 3. The van der Waals surface area contributed by atoms with E-state index in [4.69, 9.17) is 17.0 Å². The lowest BCUT2D eigenvalue weighted by atomic mass is 9.93. The monoisotopic (exact) mass is 480 g/mol. The highest BCUT2D eigenvalue weighted by atomic mass is 35.5. The first-order valence-electron chi connectivity index (χ1n) is 9.05. The fraction of sp³-hybridized carbons (Fsp3) is 0.211. The number of anilines is 2. The summed E-state index contributed by atoms with van der Waals surface area (Å²) in [6, 6.07) is 7.81. The average Bonchev–Trinajstić information content (AvgIpc) is 3.16. The summed E-state index contributed by atoms with van der Waals surface area (Å²) in [5, 5.41) is 16.8. The van der Waals surface area contributed by atoms with Gasteiger partial charge in [-0.25, -0.2) is 22.1 Å². The smallest absolute Gasteiger partial charge is 0.239 e. The first-order chi connectivity index (χ1) is 14.6. The van der Waals surface area contributed by atoms with Crippen LogP contribution in [0, 0.1) is 11.2 Å². The van der Waals surface area contributed by atoms with Crippen molar-refractivity contribution in [2.75, 3.05) is 18.1 Å². The zero-order valence-corrected chi connectivity index (χ0v) is 18.9. The number of aromatic nitrogens is 2. The van der Waals surface area contributed by atoms with Gasteiger partial charge < -0.3 is 10.6 Å². The second-order valence-corrected chi connectivity index (χ2v) is 10.5. The summed E-state index contributed by atoms with van der Waals surface area (Å²) in [6.45, 7) is 1.56. The van der Waals surface area contributed by atoms with E-state index in [0.29, 0.717) is 27.2 Å². The van der Waals surface area contributed by atoms with Gasteiger partial charge in [0.2, 0.25) is 16.0 Å². The van der Waals surface area contributed by atoms with Crippen molar-refractivity contribution in [3.8, 4) is 11.4 Å². The van der Waals surface area contributed by atoms with Crippen molar-refractivity contribution in [1.29, 1.82) is 5.41 Å². The number of guanidine groups is 1. The van der Waals surface area contributed by atoms with Crippen molar-refractivity contribution < 1.29 is 12.8 Å². The van der Waals surface area contributed by atoms with Gasteiger partial charge in [-0.3, -0.25) is 10.4 Å². The molecule has 1 saturated heterocycles. The number of sulfonamides is 1. The third-order valence-corrected chi connectivity index (χ3v) is 7.84. The first kappa shape index (κ1) is 21.5. The number of hydrogen-bond acceptors (Lipinski definition) is 7. The highest BCUT2D eigenvalue weighted by Crippen LogP contribution is 2.33. The minimum absolute atomic E-state index is 0.134. The molecule has 4 rings (SSSR count). The molecule has 0 bridgehead atoms. The molecule has 1 atom stereocenters. The molecule has 1 fully saturated rings. The molecule has 1 aromatic carbocycles. The van der Waals surface area contributed by atoms with Gasteiger partial charge in [0, 0.05) is 29.9 Å². The molecule has 1 aliphatic rings. The Morgan fingerprint density at radius 3 is 2.77 bits per heavy atom. The van der Waals surface area contributed by atoms with E-state index in [1.165, 1.54) is 36.7 Å². The third kappa shape index (κ3) is 4.21. The highest BCUT2D eigenvalue weighted by Gasteiger charge is 2.43. The predicted octanol–water partition coefficient (Wildman–Crippen LogP) is 3.76. The third-order valence-electron chi connectivity index (χ3n) is 4.90. The Morgan fingerprint density at radius 1 is 1.32 bits per heavy atom. The molecule has 0 unspecified atom stereocenters. The van der Waals surface area contributed by atoms with Gasteiger partial charge in [0.25, 0.3) is 0 Å². The van der Waals surface area contributed by atoms with Gasteiger partial charge in [-0.05, 0) is 37.3 Å². The van der Waals surface area contributed by atoms with E-state index in [1.54, 1.807) is 25.1 Å². The van der Waals surface area contributed by atoms with Crippen LogP contribution >= 0.6 is 22.9 Å². The molecule has 8 nitrogen and oxygen atoms in total. The molecule has 0 aliphatic carbocycles. The van der Waals surface area contributed by atoms with Crippen molar-refractivity contribution in [3.05, 3.63) is 58.3 Å². The van der Waals surface area contributed by atoms with Crippen molar-refractivity contribution >= 4 is 49.7 Å². The topological polar surface area (TPSA) is 111 Å². The summed E-state index contributed by atoms with van der Waals surface area (Å²) in [4.78, 5) is 8.73. The Hall–Kier alpha value is -2.76. The number of rotatable bonds is 4.